The van der Waals surface area contributed by atoms with Crippen molar-refractivity contribution in [3.05, 3.63) is 90.0 Å². The van der Waals surface area contributed by atoms with Crippen LogP contribution in [-0.4, -0.2) is 24.5 Å². The van der Waals surface area contributed by atoms with Gasteiger partial charge in [0, 0.05) is 0 Å². The topological polar surface area (TPSA) is 75.7 Å². The molecule has 1 aliphatic heterocycles. The molecule has 6 heteroatoms. The van der Waals surface area contributed by atoms with Crippen LogP contribution >= 0.6 is 0 Å². The Hall–Kier alpha value is -4.45. The number of hydrogen-bond donors (Lipinski definition) is 1. The zero-order valence-electron chi connectivity index (χ0n) is 17.9. The lowest BCUT2D eigenvalue weighted by atomic mass is 9.94. The van der Waals surface area contributed by atoms with Crippen molar-refractivity contribution in [3.8, 4) is 5.75 Å². The molecule has 0 saturated carbocycles. The molecule has 1 heterocycles. The van der Waals surface area contributed by atoms with Gasteiger partial charge in [-0.15, -0.1) is 0 Å². The van der Waals surface area contributed by atoms with Gasteiger partial charge in [0.25, 0.3) is 11.8 Å². The van der Waals surface area contributed by atoms with Crippen LogP contribution in [0.5, 0.6) is 5.75 Å². The lowest BCUT2D eigenvalue weighted by Gasteiger charge is -2.26. The highest BCUT2D eigenvalue weighted by Gasteiger charge is 2.37. The molecule has 4 aromatic carbocycles. The van der Waals surface area contributed by atoms with E-state index in [4.69, 9.17) is 4.74 Å². The highest BCUT2D eigenvalue weighted by atomic mass is 16.5. The molecule has 0 bridgehead atoms. The molecule has 1 aliphatic rings. The summed E-state index contributed by atoms with van der Waals surface area (Å²) in [6, 6.07) is 23.5. The predicted molar refractivity (Wildman–Crippen MR) is 128 cm³/mol. The molecular formula is C27H20N2O4. The molecule has 4 amide bonds. The second kappa shape index (κ2) is 8.24. The maximum atomic E-state index is 13.4. The number of fused-ring (bicyclic) bond motifs is 2. The molecule has 33 heavy (non-hydrogen) atoms. The van der Waals surface area contributed by atoms with Crippen LogP contribution in [0.1, 0.15) is 12.5 Å². The number of carbonyl (C=O) groups is 3. The molecule has 162 valence electrons. The van der Waals surface area contributed by atoms with Gasteiger partial charge >= 0.3 is 6.03 Å². The van der Waals surface area contributed by atoms with E-state index < -0.39 is 17.8 Å². The fourth-order valence-corrected chi connectivity index (χ4v) is 4.10. The van der Waals surface area contributed by atoms with Crippen molar-refractivity contribution in [3.63, 3.8) is 0 Å². The van der Waals surface area contributed by atoms with Crippen LogP contribution in [0, 0.1) is 0 Å². The van der Waals surface area contributed by atoms with E-state index >= 15 is 0 Å². The smallest absolute Gasteiger partial charge is 0.335 e. The van der Waals surface area contributed by atoms with Crippen LogP contribution in [0.4, 0.5) is 10.5 Å². The molecule has 1 N–H and O–H groups in total. The number of amides is 4. The van der Waals surface area contributed by atoms with Gasteiger partial charge in [-0.25, -0.2) is 9.69 Å². The normalized spacial score (nSPS) is 15.4. The van der Waals surface area contributed by atoms with Crippen molar-refractivity contribution in [2.45, 2.75) is 6.92 Å². The molecule has 0 unspecified atom stereocenters. The first kappa shape index (κ1) is 20.5. The number of barbiturate groups is 1. The molecule has 1 fully saturated rings. The Morgan fingerprint density at radius 1 is 0.848 bits per heavy atom. The Labute approximate surface area is 190 Å². The summed E-state index contributed by atoms with van der Waals surface area (Å²) < 4.78 is 5.43. The number of hydrogen-bond acceptors (Lipinski definition) is 4. The van der Waals surface area contributed by atoms with Gasteiger partial charge < -0.3 is 4.74 Å². The standard InChI is InChI=1S/C27H20N2O4/c1-2-33-20-13-11-19(12-14-20)29-26(31)24(25(30)28-27(29)32)16-23-21-9-5-3-7-17(21)15-18-8-4-6-10-22(18)23/h3-16H,2H2,1H3,(H,28,30,32)/b24-16+. The second-order valence-electron chi connectivity index (χ2n) is 7.62. The highest BCUT2D eigenvalue weighted by Crippen LogP contribution is 2.31. The summed E-state index contributed by atoms with van der Waals surface area (Å²) in [5.74, 6) is -0.769. The maximum absolute atomic E-state index is 13.4. The summed E-state index contributed by atoms with van der Waals surface area (Å²) in [7, 11) is 0. The molecule has 0 aromatic heterocycles. The van der Waals surface area contributed by atoms with E-state index in [1.807, 2.05) is 55.5 Å². The number of carbonyl (C=O) groups excluding carboxylic acids is 3. The third-order valence-electron chi connectivity index (χ3n) is 5.61. The molecule has 4 aromatic rings. The van der Waals surface area contributed by atoms with Crippen molar-refractivity contribution in [1.82, 2.24) is 5.32 Å². The van der Waals surface area contributed by atoms with E-state index in [1.165, 1.54) is 0 Å². The van der Waals surface area contributed by atoms with Crippen LogP contribution in [0.25, 0.3) is 27.6 Å². The SMILES string of the molecule is CCOc1ccc(N2C(=O)NC(=O)/C(=C\c3c4ccccc4cc4ccccc34)C2=O)cc1. The minimum atomic E-state index is -0.783. The van der Waals surface area contributed by atoms with Gasteiger partial charge in [0.1, 0.15) is 11.3 Å². The summed E-state index contributed by atoms with van der Waals surface area (Å²) in [6.45, 7) is 2.37. The number of anilines is 1. The third kappa shape index (κ3) is 3.61. The summed E-state index contributed by atoms with van der Waals surface area (Å²) in [6.07, 6.45) is 1.58. The van der Waals surface area contributed by atoms with Crippen LogP contribution < -0.4 is 15.0 Å². The minimum absolute atomic E-state index is 0.106. The quantitative estimate of drug-likeness (QED) is 0.276. The first-order chi connectivity index (χ1) is 16.1. The average Bonchev–Trinajstić information content (AvgIpc) is 2.82. The average molecular weight is 436 g/mol. The van der Waals surface area contributed by atoms with E-state index in [1.54, 1.807) is 30.3 Å². The monoisotopic (exact) mass is 436 g/mol. The Bertz CT molecular complexity index is 1400. The van der Waals surface area contributed by atoms with Gasteiger partial charge in [-0.1, -0.05) is 48.5 Å². The van der Waals surface area contributed by atoms with Crippen molar-refractivity contribution < 1.29 is 19.1 Å². The third-order valence-corrected chi connectivity index (χ3v) is 5.61. The van der Waals surface area contributed by atoms with E-state index in [0.29, 0.717) is 18.0 Å². The molecule has 0 atom stereocenters. The van der Waals surface area contributed by atoms with Crippen LogP contribution in [0.3, 0.4) is 0 Å². The van der Waals surface area contributed by atoms with Crippen molar-refractivity contribution in [2.24, 2.45) is 0 Å². The van der Waals surface area contributed by atoms with Crippen LogP contribution in [0.2, 0.25) is 0 Å². The first-order valence-corrected chi connectivity index (χ1v) is 10.6. The fourth-order valence-electron chi connectivity index (χ4n) is 4.10. The first-order valence-electron chi connectivity index (χ1n) is 10.6. The van der Waals surface area contributed by atoms with Gasteiger partial charge in [0.05, 0.1) is 12.3 Å². The number of urea groups is 1. The van der Waals surface area contributed by atoms with Crippen molar-refractivity contribution in [1.29, 1.82) is 0 Å². The summed E-state index contributed by atoms with van der Waals surface area (Å²) >= 11 is 0. The number of imide groups is 2. The minimum Gasteiger partial charge on any atom is -0.494 e. The predicted octanol–water partition coefficient (Wildman–Crippen LogP) is 5.06. The van der Waals surface area contributed by atoms with E-state index in [-0.39, 0.29) is 5.57 Å². The van der Waals surface area contributed by atoms with Gasteiger partial charge in [-0.2, -0.15) is 0 Å². The fraction of sp³-hybridized carbons (Fsp3) is 0.0741. The molecule has 5 rings (SSSR count). The van der Waals surface area contributed by atoms with Gasteiger partial charge in [-0.3, -0.25) is 14.9 Å². The molecule has 0 radical (unpaired) electrons. The lowest BCUT2D eigenvalue weighted by molar-refractivity contribution is -0.122. The zero-order chi connectivity index (χ0) is 22.9. The molecule has 1 saturated heterocycles. The maximum Gasteiger partial charge on any atom is 0.335 e. The second-order valence-corrected chi connectivity index (χ2v) is 7.62. The highest BCUT2D eigenvalue weighted by molar-refractivity contribution is 6.39. The number of nitrogens with one attached hydrogen (secondary N) is 1. The molecule has 0 aliphatic carbocycles. The Balaban J connectivity index is 1.65. The van der Waals surface area contributed by atoms with E-state index in [9.17, 15) is 14.4 Å². The Morgan fingerprint density at radius 2 is 1.45 bits per heavy atom. The number of rotatable bonds is 4. The number of ether oxygens (including phenoxy) is 1. The van der Waals surface area contributed by atoms with Crippen molar-refractivity contribution in [2.75, 3.05) is 11.5 Å². The van der Waals surface area contributed by atoms with Gasteiger partial charge in [0.15, 0.2) is 0 Å². The summed E-state index contributed by atoms with van der Waals surface area (Å²) in [5.41, 5.74) is 0.996. The largest absolute Gasteiger partial charge is 0.494 e. The van der Waals surface area contributed by atoms with Gasteiger partial charge in [0.2, 0.25) is 0 Å². The molecule has 0 spiro atoms. The lowest BCUT2D eigenvalue weighted by Crippen LogP contribution is -2.54. The molecule has 6 nitrogen and oxygen atoms in total. The number of benzene rings is 4. The number of nitrogens with zero attached hydrogens (tertiary/aromatic N) is 1. The van der Waals surface area contributed by atoms with E-state index in [0.717, 1.165) is 32.0 Å². The summed E-state index contributed by atoms with van der Waals surface area (Å²) in [5, 5.41) is 6.10. The van der Waals surface area contributed by atoms with Gasteiger partial charge in [-0.05, 0) is 70.4 Å². The Kier molecular flexibility index (Phi) is 5.11. The van der Waals surface area contributed by atoms with E-state index in [2.05, 4.69) is 11.4 Å². The zero-order valence-corrected chi connectivity index (χ0v) is 17.9. The van der Waals surface area contributed by atoms with Crippen LogP contribution in [-0.2, 0) is 9.59 Å². The molecular weight excluding hydrogens is 416 g/mol. The Morgan fingerprint density at radius 3 is 2.06 bits per heavy atom. The summed E-state index contributed by atoms with van der Waals surface area (Å²) in [4.78, 5) is 39.7. The van der Waals surface area contributed by atoms with Crippen molar-refractivity contribution >= 4 is 51.2 Å². The van der Waals surface area contributed by atoms with Crippen LogP contribution in [0.15, 0.2) is 84.4 Å².